The molecule has 1 aliphatic heterocycles. The summed E-state index contributed by atoms with van der Waals surface area (Å²) in [4.78, 5) is 13.9. The number of nitrogens with zero attached hydrogens (tertiary/aromatic N) is 1. The largest absolute Gasteiger partial charge is 0.468 e. The molecule has 20 heavy (non-hydrogen) atoms. The maximum Gasteiger partial charge on any atom is 0.415 e. The summed E-state index contributed by atoms with van der Waals surface area (Å²) in [5.74, 6) is 0.551. The second-order valence-electron chi connectivity index (χ2n) is 6.07. The lowest BCUT2D eigenvalue weighted by molar-refractivity contribution is 0.0460. The lowest BCUT2D eigenvalue weighted by Crippen LogP contribution is -2.57. The van der Waals surface area contributed by atoms with Crippen LogP contribution >= 0.6 is 15.9 Å². The van der Waals surface area contributed by atoms with Crippen molar-refractivity contribution in [3.8, 4) is 5.75 Å². The van der Waals surface area contributed by atoms with E-state index in [1.807, 2.05) is 32.9 Å². The third-order valence-electron chi connectivity index (χ3n) is 2.66. The van der Waals surface area contributed by atoms with Crippen LogP contribution in [-0.4, -0.2) is 24.0 Å². The number of nitrogens with two attached hydrogens (primary N) is 1. The monoisotopic (exact) mass is 342 g/mol. The third-order valence-corrected chi connectivity index (χ3v) is 3.28. The number of ether oxygens (including phenoxy) is 2. The molecule has 0 aromatic heterocycles. The Hall–Kier alpha value is -1.27. The lowest BCUT2D eigenvalue weighted by atomic mass is 10.1. The molecule has 0 aliphatic carbocycles. The first-order valence-electron chi connectivity index (χ1n) is 6.36. The van der Waals surface area contributed by atoms with E-state index in [2.05, 4.69) is 15.9 Å². The van der Waals surface area contributed by atoms with Crippen LogP contribution in [0.3, 0.4) is 0 Å². The summed E-state index contributed by atoms with van der Waals surface area (Å²) in [6.07, 6.45) is -0.433. The van der Waals surface area contributed by atoms with E-state index in [-0.39, 0.29) is 6.54 Å². The van der Waals surface area contributed by atoms with Gasteiger partial charge in [-0.2, -0.15) is 0 Å². The molecule has 1 atom stereocenters. The molecule has 110 valence electrons. The fourth-order valence-corrected chi connectivity index (χ4v) is 2.39. The minimum atomic E-state index is -0.965. The molecule has 2 N–H and O–H groups in total. The van der Waals surface area contributed by atoms with E-state index in [0.717, 1.165) is 4.47 Å². The molecule has 0 spiro atoms. The molecule has 6 heteroatoms. The van der Waals surface area contributed by atoms with Gasteiger partial charge in [0.1, 0.15) is 5.60 Å². The van der Waals surface area contributed by atoms with Gasteiger partial charge in [0, 0.05) is 0 Å². The Morgan fingerprint density at radius 1 is 1.50 bits per heavy atom. The summed E-state index contributed by atoms with van der Waals surface area (Å²) >= 11 is 3.41. The topological polar surface area (TPSA) is 64.8 Å². The number of halogens is 1. The van der Waals surface area contributed by atoms with Crippen LogP contribution in [0.15, 0.2) is 22.7 Å². The van der Waals surface area contributed by atoms with Crippen LogP contribution in [0.25, 0.3) is 0 Å². The zero-order chi connectivity index (χ0) is 15.1. The molecule has 1 heterocycles. The van der Waals surface area contributed by atoms with Crippen molar-refractivity contribution in [2.75, 3.05) is 11.4 Å². The maximum absolute atomic E-state index is 12.4. The normalized spacial score (nSPS) is 22.0. The van der Waals surface area contributed by atoms with Gasteiger partial charge in [-0.25, -0.2) is 4.79 Å². The molecule has 1 unspecified atom stereocenters. The number of carbonyl (C=O) groups is 1. The fourth-order valence-electron chi connectivity index (χ4n) is 1.96. The van der Waals surface area contributed by atoms with Crippen molar-refractivity contribution >= 4 is 27.7 Å². The number of amides is 1. The quantitative estimate of drug-likeness (QED) is 0.785. The van der Waals surface area contributed by atoms with E-state index in [1.165, 1.54) is 4.90 Å². The van der Waals surface area contributed by atoms with E-state index >= 15 is 0 Å². The molecule has 1 aliphatic rings. The van der Waals surface area contributed by atoms with Crippen molar-refractivity contribution in [1.29, 1.82) is 0 Å². The van der Waals surface area contributed by atoms with Crippen LogP contribution in [0, 0.1) is 0 Å². The summed E-state index contributed by atoms with van der Waals surface area (Å²) < 4.78 is 11.9. The van der Waals surface area contributed by atoms with Crippen molar-refractivity contribution in [2.45, 2.75) is 39.0 Å². The third kappa shape index (κ3) is 3.24. The highest BCUT2D eigenvalue weighted by Crippen LogP contribution is 2.41. The first-order valence-corrected chi connectivity index (χ1v) is 7.15. The predicted molar refractivity (Wildman–Crippen MR) is 80.9 cm³/mol. The number of anilines is 1. The van der Waals surface area contributed by atoms with Gasteiger partial charge in [-0.1, -0.05) is 6.07 Å². The highest BCUT2D eigenvalue weighted by Gasteiger charge is 2.38. The zero-order valence-corrected chi connectivity index (χ0v) is 13.7. The first-order chi connectivity index (χ1) is 9.09. The van der Waals surface area contributed by atoms with Gasteiger partial charge in [0.2, 0.25) is 0 Å². The van der Waals surface area contributed by atoms with Gasteiger partial charge >= 0.3 is 6.09 Å². The number of hydrogen-bond acceptors (Lipinski definition) is 4. The van der Waals surface area contributed by atoms with Crippen LogP contribution in [-0.2, 0) is 4.74 Å². The molecular weight excluding hydrogens is 324 g/mol. The summed E-state index contributed by atoms with van der Waals surface area (Å²) in [7, 11) is 0. The Morgan fingerprint density at radius 2 is 2.15 bits per heavy atom. The van der Waals surface area contributed by atoms with Crippen molar-refractivity contribution in [3.05, 3.63) is 22.7 Å². The highest BCUT2D eigenvalue weighted by molar-refractivity contribution is 9.10. The van der Waals surface area contributed by atoms with Crippen LogP contribution in [0.5, 0.6) is 5.75 Å². The number of para-hydroxylation sites is 1. The second kappa shape index (κ2) is 4.93. The Balaban J connectivity index is 2.40. The Kier molecular flexibility index (Phi) is 3.73. The van der Waals surface area contributed by atoms with Gasteiger partial charge in [-0.15, -0.1) is 0 Å². The smallest absolute Gasteiger partial charge is 0.415 e. The van der Waals surface area contributed by atoms with Crippen LogP contribution in [0.4, 0.5) is 10.5 Å². The zero-order valence-electron chi connectivity index (χ0n) is 12.1. The van der Waals surface area contributed by atoms with E-state index in [9.17, 15) is 4.79 Å². The van der Waals surface area contributed by atoms with Crippen LogP contribution < -0.4 is 15.4 Å². The van der Waals surface area contributed by atoms with E-state index < -0.39 is 17.4 Å². The first kappa shape index (κ1) is 15.1. The van der Waals surface area contributed by atoms with Crippen molar-refractivity contribution in [1.82, 2.24) is 0 Å². The van der Waals surface area contributed by atoms with Crippen LogP contribution in [0.2, 0.25) is 0 Å². The maximum atomic E-state index is 12.4. The van der Waals surface area contributed by atoms with Gasteiger partial charge in [0.15, 0.2) is 11.5 Å². The molecule has 0 radical (unpaired) electrons. The summed E-state index contributed by atoms with van der Waals surface area (Å²) in [5, 5.41) is 0. The number of rotatable bonds is 0. The van der Waals surface area contributed by atoms with E-state index in [0.29, 0.717) is 11.4 Å². The Morgan fingerprint density at radius 3 is 2.75 bits per heavy atom. The summed E-state index contributed by atoms with van der Waals surface area (Å²) in [5.41, 5.74) is 5.18. The lowest BCUT2D eigenvalue weighted by Gasteiger charge is -2.39. The fraction of sp³-hybridized carbons (Fsp3) is 0.500. The molecule has 1 aromatic rings. The predicted octanol–water partition coefficient (Wildman–Crippen LogP) is 3.26. The van der Waals surface area contributed by atoms with Crippen molar-refractivity contribution < 1.29 is 14.3 Å². The standard InChI is InChI=1S/C14H19BrN2O3/c1-13(2,3)20-12(18)17-8-14(4,16)19-11-9(15)6-5-7-10(11)17/h5-7H,8,16H2,1-4H3. The van der Waals surface area contributed by atoms with Gasteiger partial charge in [-0.3, -0.25) is 10.6 Å². The number of hydrogen-bond donors (Lipinski definition) is 1. The van der Waals surface area contributed by atoms with Gasteiger partial charge in [0.25, 0.3) is 0 Å². The van der Waals surface area contributed by atoms with E-state index in [1.54, 1.807) is 13.0 Å². The van der Waals surface area contributed by atoms with Crippen molar-refractivity contribution in [3.63, 3.8) is 0 Å². The minimum Gasteiger partial charge on any atom is -0.468 e. The second-order valence-corrected chi connectivity index (χ2v) is 6.92. The molecule has 0 fully saturated rings. The van der Waals surface area contributed by atoms with Crippen molar-refractivity contribution in [2.24, 2.45) is 5.73 Å². The average Bonchev–Trinajstić information content (AvgIpc) is 2.26. The van der Waals surface area contributed by atoms with Gasteiger partial charge in [-0.05, 0) is 55.8 Å². The summed E-state index contributed by atoms with van der Waals surface area (Å²) in [6, 6.07) is 5.48. The number of fused-ring (bicyclic) bond motifs is 1. The Bertz CT molecular complexity index is 538. The molecule has 2 rings (SSSR count). The van der Waals surface area contributed by atoms with Crippen LogP contribution in [0.1, 0.15) is 27.7 Å². The number of benzene rings is 1. The minimum absolute atomic E-state index is 0.228. The highest BCUT2D eigenvalue weighted by atomic mass is 79.9. The Labute approximate surface area is 127 Å². The van der Waals surface area contributed by atoms with E-state index in [4.69, 9.17) is 15.2 Å². The molecular formula is C14H19BrN2O3. The SMILES string of the molecule is CC(C)(C)OC(=O)N1CC(C)(N)Oc2c(Br)cccc21. The van der Waals surface area contributed by atoms with Gasteiger partial charge < -0.3 is 9.47 Å². The number of carbonyl (C=O) groups excluding carboxylic acids is 1. The average molecular weight is 343 g/mol. The molecule has 1 aromatic carbocycles. The molecule has 5 nitrogen and oxygen atoms in total. The molecule has 0 saturated heterocycles. The van der Waals surface area contributed by atoms with Gasteiger partial charge in [0.05, 0.1) is 16.7 Å². The molecule has 0 bridgehead atoms. The molecule has 1 amide bonds. The summed E-state index contributed by atoms with van der Waals surface area (Å²) in [6.45, 7) is 7.44. The molecule has 0 saturated carbocycles.